The zero-order valence-corrected chi connectivity index (χ0v) is 65.8. The van der Waals surface area contributed by atoms with Crippen molar-refractivity contribution in [2.75, 3.05) is 55.2 Å². The average Bonchev–Trinajstić information content (AvgIpc) is 0.815. The smallest absolute Gasteiger partial charge is 0.434 e. The van der Waals surface area contributed by atoms with Crippen LogP contribution in [0.15, 0.2) is 245 Å². The van der Waals surface area contributed by atoms with Gasteiger partial charge in [0.15, 0.2) is 0 Å². The van der Waals surface area contributed by atoms with E-state index in [9.17, 15) is 74.3 Å². The quantitative estimate of drug-likeness (QED) is 0.0522. The fourth-order valence-corrected chi connectivity index (χ4v) is 7.23. The lowest BCUT2D eigenvalue weighted by Gasteiger charge is -2.22. The van der Waals surface area contributed by atoms with Gasteiger partial charge in [-0.25, -0.2) is 48.1 Å². The summed E-state index contributed by atoms with van der Waals surface area (Å²) >= 11 is 0. The molecule has 622 valence electrons. The van der Waals surface area contributed by atoms with Crippen molar-refractivity contribution >= 4 is 59.6 Å². The highest BCUT2D eigenvalue weighted by Gasteiger charge is 2.60. The van der Waals surface area contributed by atoms with Gasteiger partial charge in [-0.15, -0.1) is 0 Å². The van der Waals surface area contributed by atoms with E-state index in [1.54, 1.807) is 249 Å². The number of methoxy groups -OCH3 is 3. The maximum atomic E-state index is 12.1. The second-order valence-electron chi connectivity index (χ2n) is 23.0. The highest BCUT2D eigenvalue weighted by atomic mass is 19.4. The molecule has 0 saturated heterocycles. The number of halogens is 6. The van der Waals surface area contributed by atoms with Crippen LogP contribution in [0.2, 0.25) is 0 Å². The second-order valence-corrected chi connectivity index (χ2v) is 23.0. The highest BCUT2D eigenvalue weighted by Crippen LogP contribution is 2.36. The van der Waals surface area contributed by atoms with Crippen molar-refractivity contribution < 1.29 is 117 Å². The number of hydrogen-bond acceptors (Lipinski definition) is 29. The summed E-state index contributed by atoms with van der Waals surface area (Å²) in [6, 6.07) is 33.2. The zero-order valence-electron chi connectivity index (χ0n) is 65.8. The molecule has 0 bridgehead atoms. The molecule has 0 atom stereocenters. The van der Waals surface area contributed by atoms with Crippen molar-refractivity contribution in [3.63, 3.8) is 0 Å². The Bertz CT molecular complexity index is 4210. The van der Waals surface area contributed by atoms with Gasteiger partial charge in [-0.3, -0.25) is 49.7 Å². The number of hydrogen-bond donors (Lipinski definition) is 0. The molecule has 0 N–H and O–H groups in total. The van der Waals surface area contributed by atoms with Crippen molar-refractivity contribution in [3.8, 4) is 0 Å². The summed E-state index contributed by atoms with van der Waals surface area (Å²) in [7, 11) is 7.47. The van der Waals surface area contributed by atoms with Gasteiger partial charge < -0.3 is 47.5 Å². The molecule has 10 aromatic rings. The van der Waals surface area contributed by atoms with Crippen LogP contribution in [0.25, 0.3) is 0 Å². The maximum absolute atomic E-state index is 12.1. The summed E-state index contributed by atoms with van der Waals surface area (Å²) in [5.74, 6) is -4.30. The molecule has 0 aliphatic rings. The van der Waals surface area contributed by atoms with Crippen LogP contribution >= 0.6 is 0 Å². The number of pyridine rings is 10. The second kappa shape index (κ2) is 56.9. The van der Waals surface area contributed by atoms with E-state index >= 15 is 0 Å². The lowest BCUT2D eigenvalue weighted by atomic mass is 10.2. The number of carbonyl (C=O) groups is 10. The van der Waals surface area contributed by atoms with Crippen molar-refractivity contribution in [1.29, 1.82) is 0 Å². The van der Waals surface area contributed by atoms with Gasteiger partial charge in [0.1, 0.15) is 11.3 Å². The minimum atomic E-state index is -5.72. The average molecular weight is 1630 g/mol. The van der Waals surface area contributed by atoms with Crippen LogP contribution in [0.4, 0.5) is 26.3 Å². The number of aromatic nitrogens is 10. The molecular formula is C81H87F6N11O19. The van der Waals surface area contributed by atoms with E-state index in [4.69, 9.17) is 23.7 Å². The van der Waals surface area contributed by atoms with E-state index in [0.717, 1.165) is 24.5 Å². The van der Waals surface area contributed by atoms with E-state index in [2.05, 4.69) is 68.8 Å². The molecule has 117 heavy (non-hydrogen) atoms. The number of esters is 9. The van der Waals surface area contributed by atoms with E-state index in [-0.39, 0.29) is 53.8 Å². The normalized spacial score (nSPS) is 9.92. The van der Waals surface area contributed by atoms with E-state index < -0.39 is 41.6 Å². The molecular weight excluding hydrogens is 1540 g/mol. The molecule has 0 spiro atoms. The first-order valence-electron chi connectivity index (χ1n) is 34.4. The van der Waals surface area contributed by atoms with Gasteiger partial charge >= 0.3 is 66.1 Å². The zero-order chi connectivity index (χ0) is 87.6. The van der Waals surface area contributed by atoms with Gasteiger partial charge in [0.2, 0.25) is 0 Å². The monoisotopic (exact) mass is 1630 g/mol. The number of alkyl halides is 6. The summed E-state index contributed by atoms with van der Waals surface area (Å²) in [4.78, 5) is 149. The number of amides is 1. The molecule has 0 saturated carbocycles. The summed E-state index contributed by atoms with van der Waals surface area (Å²) in [5.41, 5.74) is 3.82. The fourth-order valence-electron chi connectivity index (χ4n) is 7.23. The van der Waals surface area contributed by atoms with Gasteiger partial charge in [-0.05, 0) is 177 Å². The first-order valence-corrected chi connectivity index (χ1v) is 34.4. The van der Waals surface area contributed by atoms with Crippen molar-refractivity contribution in [3.05, 3.63) is 301 Å². The number of rotatable bonds is 15. The molecule has 36 heteroatoms. The first kappa shape index (κ1) is 101. The Kier molecular flexibility index (Phi) is 49.0. The molecule has 10 aromatic heterocycles. The molecule has 1 amide bonds. The van der Waals surface area contributed by atoms with Crippen molar-refractivity contribution in [2.24, 2.45) is 0 Å². The third-order valence-electron chi connectivity index (χ3n) is 12.5. The molecule has 0 aromatic carbocycles. The minimum absolute atomic E-state index is 0.00685. The van der Waals surface area contributed by atoms with Gasteiger partial charge in [0.25, 0.3) is 12.0 Å². The van der Waals surface area contributed by atoms with Gasteiger partial charge in [0.05, 0.1) is 91.8 Å². The highest BCUT2D eigenvalue weighted by molar-refractivity contribution is 5.94. The third kappa shape index (κ3) is 45.2. The van der Waals surface area contributed by atoms with Crippen molar-refractivity contribution in [1.82, 2.24) is 54.7 Å². The topological polar surface area (TPSA) is 386 Å². The standard InChI is InChI=1S/C10H13NO2.C9H5F6NO2.C9H11NO2.C8H10N2O.3C8H9NO2.3C7H7NO2/c1-10(2,3)13-9(12)8-4-6-11-7-5-8;10-8(11,12)7(9(13,14)15)18-6(17)5-1-3-16-4-2-5;1-7(2)12-9(11)8-3-5-10-6-4-8;1-10(2)8(11)7-3-5-9-6-4-7;3*1-2-11-8(10)7-3-5-9-6-4-7;1-10-7(9)6-2-4-8-5-3-6;1-10-7(9)6-3-2-4-8-5-6;1-10-7(9)6-4-2-3-5-8-6/h4-7H,1-3H3;1-4,7H;3-7H,1-2H3;3-6H,1-2H3;3*3-6H,2H2,1H3;3*2-5H,1H3. The van der Waals surface area contributed by atoms with Gasteiger partial charge in [-0.2, -0.15) is 26.3 Å². The summed E-state index contributed by atoms with van der Waals surface area (Å²) in [6.07, 6.45) is 13.0. The molecule has 30 nitrogen and oxygen atoms in total. The number of nitrogens with zero attached hydrogens (tertiary/aromatic N) is 11. The maximum Gasteiger partial charge on any atom is 0.434 e. The summed E-state index contributed by atoms with van der Waals surface area (Å²) < 4.78 is 114. The van der Waals surface area contributed by atoms with Crippen LogP contribution in [0.3, 0.4) is 0 Å². The summed E-state index contributed by atoms with van der Waals surface area (Å²) in [6.45, 7) is 15.7. The third-order valence-corrected chi connectivity index (χ3v) is 12.5. The molecule has 0 aliphatic carbocycles. The van der Waals surface area contributed by atoms with Crippen LogP contribution in [-0.2, 0) is 42.6 Å². The number of carbonyl (C=O) groups excluding carboxylic acids is 10. The molecule has 0 radical (unpaired) electrons. The molecule has 10 heterocycles. The Balaban J connectivity index is 0.000000653. The predicted molar refractivity (Wildman–Crippen MR) is 409 cm³/mol. The van der Waals surface area contributed by atoms with Crippen molar-refractivity contribution in [2.45, 2.75) is 85.6 Å². The van der Waals surface area contributed by atoms with E-state index in [1.165, 1.54) is 32.4 Å². The molecule has 0 aliphatic heterocycles. The SMILES string of the molecule is CC(C)(C)OC(=O)c1ccncc1.CC(C)OC(=O)c1ccncc1.CCOC(=O)c1ccncc1.CCOC(=O)c1ccncc1.CCOC(=O)c1ccncc1.CN(C)C(=O)c1ccncc1.COC(=O)c1ccccn1.COC(=O)c1cccnc1.COC(=O)c1ccncc1.O=C(OC(C(F)(F)F)C(F)(F)F)c1ccncc1. The predicted octanol–water partition coefficient (Wildman–Crippen LogP) is 13.6. The lowest BCUT2D eigenvalue weighted by molar-refractivity contribution is -0.307. The van der Waals surface area contributed by atoms with E-state index in [0.29, 0.717) is 70.0 Å². The molecule has 10 rings (SSSR count). The van der Waals surface area contributed by atoms with Gasteiger partial charge in [-0.1, -0.05) is 6.07 Å². The number of ether oxygens (including phenoxy) is 9. The Morgan fingerprint density at radius 3 is 0.880 bits per heavy atom. The van der Waals surface area contributed by atoms with Crippen LogP contribution in [0.5, 0.6) is 0 Å². The Morgan fingerprint density at radius 2 is 0.624 bits per heavy atom. The Hall–Kier alpha value is -14.2. The Labute approximate surface area is 670 Å². The molecule has 0 unspecified atom stereocenters. The van der Waals surface area contributed by atoms with E-state index in [1.807, 2.05) is 34.6 Å². The largest absolute Gasteiger partial charge is 0.465 e. The molecule has 0 fully saturated rings. The van der Waals surface area contributed by atoms with Gasteiger partial charge in [0, 0.05) is 137 Å². The Morgan fingerprint density at radius 1 is 0.333 bits per heavy atom. The fraction of sp³-hybridized carbons (Fsp3) is 0.259. The van der Waals surface area contributed by atoms with Crippen LogP contribution in [0.1, 0.15) is 159 Å². The summed E-state index contributed by atoms with van der Waals surface area (Å²) in [5, 5.41) is 0. The minimum Gasteiger partial charge on any atom is -0.465 e. The lowest BCUT2D eigenvalue weighted by Crippen LogP contribution is -2.45. The van der Waals surface area contributed by atoms with Crippen LogP contribution in [0, 0.1) is 0 Å². The van der Waals surface area contributed by atoms with Crippen LogP contribution in [-0.4, -0.2) is 200 Å². The first-order chi connectivity index (χ1) is 55.6. The van der Waals surface area contributed by atoms with Crippen LogP contribution < -0.4 is 0 Å².